The molecule has 0 aliphatic rings. The van der Waals surface area contributed by atoms with Crippen LogP contribution in [0.3, 0.4) is 0 Å². The molecule has 0 spiro atoms. The zero-order valence-electron chi connectivity index (χ0n) is 12.4. The number of hydrogen-bond donors (Lipinski definition) is 2. The fraction of sp³-hybridized carbons (Fsp3) is 0.500. The lowest BCUT2D eigenvalue weighted by atomic mass is 10.1. The van der Waals surface area contributed by atoms with Gasteiger partial charge in [0.05, 0.1) is 12.9 Å². The van der Waals surface area contributed by atoms with Gasteiger partial charge in [-0.3, -0.25) is 9.35 Å². The predicted octanol–water partition coefficient (Wildman–Crippen LogP) is 2.77. The number of rotatable bonds is 11. The van der Waals surface area contributed by atoms with Crippen LogP contribution in [0.5, 0.6) is 5.75 Å². The highest BCUT2D eigenvalue weighted by Crippen LogP contribution is 2.15. The van der Waals surface area contributed by atoms with Gasteiger partial charge in [-0.15, -0.1) is 0 Å². The van der Waals surface area contributed by atoms with E-state index in [2.05, 4.69) is 5.32 Å². The van der Waals surface area contributed by atoms with Crippen molar-refractivity contribution in [2.24, 2.45) is 0 Å². The average molecular weight is 347 g/mol. The molecule has 0 saturated heterocycles. The lowest BCUT2D eigenvalue weighted by molar-refractivity contribution is -0.116. The number of ketones is 1. The summed E-state index contributed by atoms with van der Waals surface area (Å²) in [7, 11) is -2.23. The van der Waals surface area contributed by atoms with Gasteiger partial charge in [-0.1, -0.05) is 6.42 Å². The van der Waals surface area contributed by atoms with Crippen LogP contribution in [0.25, 0.3) is 0 Å². The molecule has 0 aliphatic carbocycles. The molecule has 0 aliphatic heterocycles. The van der Waals surface area contributed by atoms with Crippen LogP contribution in [-0.4, -0.2) is 38.2 Å². The second kappa shape index (κ2) is 9.70. The average Bonchev–Trinajstić information content (AvgIpc) is 2.48. The molecule has 0 aromatic heterocycles. The maximum atomic E-state index is 11.4. The number of Topliss-reactive ketones (excluding diaryl/α,β-unsaturated/α-hetero) is 1. The Balaban J connectivity index is 2.06. The Bertz CT molecular complexity index is 557. The first kappa shape index (κ1) is 18.8. The molecule has 2 N–H and O–H groups in total. The van der Waals surface area contributed by atoms with Crippen molar-refractivity contribution in [1.29, 1.82) is 0 Å². The summed E-state index contributed by atoms with van der Waals surface area (Å²) in [4.78, 5) is 11.4. The smallest absolute Gasteiger partial charge is 0.320 e. The fourth-order valence-corrected chi connectivity index (χ4v) is 3.04. The summed E-state index contributed by atoms with van der Waals surface area (Å²) in [6.45, 7) is 0.806. The summed E-state index contributed by atoms with van der Waals surface area (Å²) in [6, 6.07) is 7.64. The van der Waals surface area contributed by atoms with Gasteiger partial charge in [0, 0.05) is 29.4 Å². The summed E-state index contributed by atoms with van der Waals surface area (Å²) >= 11 is 0. The van der Waals surface area contributed by atoms with Crippen LogP contribution in [0.15, 0.2) is 24.3 Å². The van der Waals surface area contributed by atoms with Gasteiger partial charge in [-0.05, 0) is 37.1 Å². The van der Waals surface area contributed by atoms with Crippen molar-refractivity contribution in [3.8, 4) is 5.75 Å². The van der Waals surface area contributed by atoms with Gasteiger partial charge in [0.2, 0.25) is 0 Å². The maximum absolute atomic E-state index is 11.4. The monoisotopic (exact) mass is 347 g/mol. The van der Waals surface area contributed by atoms with E-state index in [-0.39, 0.29) is 22.3 Å². The molecule has 22 heavy (non-hydrogen) atoms. The third kappa shape index (κ3) is 8.91. The van der Waals surface area contributed by atoms with Crippen LogP contribution in [0.1, 0.15) is 25.7 Å². The minimum atomic E-state index is -4.12. The van der Waals surface area contributed by atoms with E-state index in [0.29, 0.717) is 6.42 Å². The van der Waals surface area contributed by atoms with E-state index in [1.165, 1.54) is 0 Å². The van der Waals surface area contributed by atoms with E-state index >= 15 is 0 Å². The molecule has 0 saturated carbocycles. The van der Waals surface area contributed by atoms with E-state index in [4.69, 9.17) is 9.29 Å². The highest BCUT2D eigenvalue weighted by molar-refractivity contribution is 8.70. The molecule has 0 fully saturated rings. The van der Waals surface area contributed by atoms with Crippen molar-refractivity contribution in [2.75, 3.05) is 24.7 Å². The molecular formula is C14H21NO5S2. The number of methoxy groups -OCH3 is 1. The van der Waals surface area contributed by atoms with Crippen LogP contribution in [0, 0.1) is 0 Å². The number of carbonyl (C=O) groups is 1. The lowest BCUT2D eigenvalue weighted by Crippen LogP contribution is -2.05. The normalized spacial score (nSPS) is 11.2. The first-order valence-corrected chi connectivity index (χ1v) is 9.86. The summed E-state index contributed by atoms with van der Waals surface area (Å²) in [5.74, 6) is 0.459. The number of benzene rings is 1. The fourth-order valence-electron chi connectivity index (χ4n) is 1.78. The molecule has 8 heteroatoms. The summed E-state index contributed by atoms with van der Waals surface area (Å²) in [5.41, 5.74) is 1.02. The minimum Gasteiger partial charge on any atom is -0.497 e. The predicted molar refractivity (Wildman–Crippen MR) is 89.0 cm³/mol. The van der Waals surface area contributed by atoms with Crippen molar-refractivity contribution in [3.63, 3.8) is 0 Å². The Morgan fingerprint density at radius 1 is 1.23 bits per heavy atom. The number of nitrogens with one attached hydrogen (secondary N) is 1. The molecule has 1 rings (SSSR count). The molecule has 1 aromatic rings. The number of anilines is 1. The van der Waals surface area contributed by atoms with Crippen molar-refractivity contribution in [2.45, 2.75) is 25.7 Å². The number of unbranched alkanes of at least 4 members (excludes halogenated alkanes) is 2. The first-order valence-electron chi connectivity index (χ1n) is 6.92. The van der Waals surface area contributed by atoms with Gasteiger partial charge in [-0.25, -0.2) is 0 Å². The SMILES string of the molecule is COc1ccc(NCCCCCC(=O)CSS(=O)(=O)O)cc1. The van der Waals surface area contributed by atoms with Crippen LogP contribution in [-0.2, 0) is 13.9 Å². The third-order valence-electron chi connectivity index (χ3n) is 2.92. The highest BCUT2D eigenvalue weighted by atomic mass is 33.1. The van der Waals surface area contributed by atoms with E-state index in [1.54, 1.807) is 7.11 Å². The molecule has 124 valence electrons. The van der Waals surface area contributed by atoms with Gasteiger partial charge in [-0.2, -0.15) is 8.42 Å². The highest BCUT2D eigenvalue weighted by Gasteiger charge is 2.09. The Labute approximate surface area is 134 Å². The van der Waals surface area contributed by atoms with Crippen LogP contribution < -0.4 is 10.1 Å². The van der Waals surface area contributed by atoms with E-state index in [9.17, 15) is 13.2 Å². The van der Waals surface area contributed by atoms with E-state index in [1.807, 2.05) is 24.3 Å². The van der Waals surface area contributed by atoms with Gasteiger partial charge in [0.15, 0.2) is 0 Å². The molecule has 0 amide bonds. The van der Waals surface area contributed by atoms with E-state index < -0.39 is 9.15 Å². The van der Waals surface area contributed by atoms with E-state index in [0.717, 1.165) is 37.2 Å². The molecule has 0 atom stereocenters. The maximum Gasteiger partial charge on any atom is 0.320 e. The topological polar surface area (TPSA) is 92.7 Å². The van der Waals surface area contributed by atoms with Crippen molar-refractivity contribution in [3.05, 3.63) is 24.3 Å². The Kier molecular flexibility index (Phi) is 8.29. The minimum absolute atomic E-state index is 0.161. The Morgan fingerprint density at radius 3 is 2.50 bits per heavy atom. The summed E-state index contributed by atoms with van der Waals surface area (Å²) in [6.07, 6.45) is 2.86. The molecular weight excluding hydrogens is 326 g/mol. The van der Waals surface area contributed by atoms with Gasteiger partial charge in [0.25, 0.3) is 0 Å². The van der Waals surface area contributed by atoms with Gasteiger partial charge < -0.3 is 10.1 Å². The third-order valence-corrected chi connectivity index (χ3v) is 4.91. The molecule has 0 bridgehead atoms. The summed E-state index contributed by atoms with van der Waals surface area (Å²) in [5, 5.41) is 3.27. The van der Waals surface area contributed by atoms with Crippen LogP contribution >= 0.6 is 10.8 Å². The van der Waals surface area contributed by atoms with Crippen LogP contribution in [0.2, 0.25) is 0 Å². The molecule has 0 heterocycles. The largest absolute Gasteiger partial charge is 0.497 e. The molecule has 0 unspecified atom stereocenters. The Hall–Kier alpha value is -1.25. The summed E-state index contributed by atoms with van der Waals surface area (Å²) < 4.78 is 34.5. The van der Waals surface area contributed by atoms with Gasteiger partial charge in [0.1, 0.15) is 11.5 Å². The second-order valence-electron chi connectivity index (χ2n) is 4.69. The number of ether oxygens (including phenoxy) is 1. The molecule has 0 radical (unpaired) electrons. The number of hydrogen-bond acceptors (Lipinski definition) is 6. The van der Waals surface area contributed by atoms with Crippen LogP contribution in [0.4, 0.5) is 5.69 Å². The standard InChI is InChI=1S/C14H21NO5S2/c1-20-14-8-6-12(7-9-14)15-10-4-2-3-5-13(16)11-21-22(17,18)19/h6-9,15H,2-5,10-11H2,1H3,(H,17,18,19). The zero-order valence-corrected chi connectivity index (χ0v) is 14.1. The molecule has 1 aromatic carbocycles. The lowest BCUT2D eigenvalue weighted by Gasteiger charge is -2.07. The van der Waals surface area contributed by atoms with Gasteiger partial charge >= 0.3 is 9.15 Å². The second-order valence-corrected chi connectivity index (χ2v) is 8.05. The molecule has 6 nitrogen and oxygen atoms in total. The zero-order chi connectivity index (χ0) is 16.4. The van der Waals surface area contributed by atoms with Crippen molar-refractivity contribution < 1.29 is 22.5 Å². The first-order chi connectivity index (χ1) is 10.4. The Morgan fingerprint density at radius 2 is 1.91 bits per heavy atom. The van der Waals surface area contributed by atoms with Crippen molar-refractivity contribution >= 4 is 31.4 Å². The van der Waals surface area contributed by atoms with Crippen molar-refractivity contribution in [1.82, 2.24) is 0 Å². The number of carbonyl (C=O) groups excluding carboxylic acids is 1. The quantitative estimate of drug-likeness (QED) is 0.361.